The number of benzene rings is 1. The minimum absolute atomic E-state index is 0.0229. The van der Waals surface area contributed by atoms with Crippen molar-refractivity contribution in [3.8, 4) is 0 Å². The summed E-state index contributed by atoms with van der Waals surface area (Å²) in [5.74, 6) is -1.09. The highest BCUT2D eigenvalue weighted by atomic mass is 16.4. The summed E-state index contributed by atoms with van der Waals surface area (Å²) in [6, 6.07) is 2.63. The van der Waals surface area contributed by atoms with Crippen LogP contribution in [-0.4, -0.2) is 32.3 Å². The molecule has 1 aromatic carbocycles. The average molecular weight is 287 g/mol. The molecule has 21 heavy (non-hydrogen) atoms. The summed E-state index contributed by atoms with van der Waals surface area (Å²) in [5.41, 5.74) is 1.70. The number of carbonyl (C=O) groups excluding carboxylic acids is 1. The molecule has 0 radical (unpaired) electrons. The van der Waals surface area contributed by atoms with E-state index in [0.717, 1.165) is 5.56 Å². The van der Waals surface area contributed by atoms with Gasteiger partial charge in [0.15, 0.2) is 0 Å². The fraction of sp³-hybridized carbons (Fsp3) is 0.154. The van der Waals surface area contributed by atoms with Gasteiger partial charge in [-0.1, -0.05) is 6.07 Å². The first kappa shape index (κ1) is 14.4. The number of nitrogens with zero attached hydrogens (tertiary/aromatic N) is 3. The van der Waals surface area contributed by atoms with Crippen molar-refractivity contribution < 1.29 is 14.7 Å². The number of carboxylic acids is 1. The number of aromatic nitrogens is 3. The number of rotatable bonds is 3. The molecule has 0 bridgehead atoms. The van der Waals surface area contributed by atoms with E-state index in [0.29, 0.717) is 5.56 Å². The largest absolute Gasteiger partial charge is 0.478 e. The van der Waals surface area contributed by atoms with Gasteiger partial charge in [0.05, 0.1) is 23.6 Å². The second-order valence-electron chi connectivity index (χ2n) is 4.35. The second kappa shape index (κ2) is 5.95. The Hall–Kier alpha value is -3.03. The lowest BCUT2D eigenvalue weighted by Crippen LogP contribution is -2.23. The number of urea groups is 1. The molecular weight excluding hydrogens is 274 g/mol. The number of hydrogen-bond donors (Lipinski definition) is 3. The maximum absolute atomic E-state index is 11.9. The Morgan fingerprint density at radius 1 is 1.14 bits per heavy atom. The number of amides is 2. The number of anilines is 2. The monoisotopic (exact) mass is 287 g/mol. The SMILES string of the molecule is Cc1cc(C)c(NC(=O)Nc2nccnn2)c(C(=O)O)c1. The standard InChI is InChI=1S/C13H13N5O3/c1-7-5-8(2)10(9(6-7)11(19)20)16-13(21)17-12-14-3-4-15-18-12/h3-6H,1-2H3,(H,19,20)(H2,14,16,17,18,21). The minimum atomic E-state index is -1.12. The van der Waals surface area contributed by atoms with E-state index in [4.69, 9.17) is 0 Å². The topological polar surface area (TPSA) is 117 Å². The summed E-state index contributed by atoms with van der Waals surface area (Å²) >= 11 is 0. The highest BCUT2D eigenvalue weighted by molar-refractivity contribution is 6.04. The zero-order chi connectivity index (χ0) is 15.4. The molecule has 0 fully saturated rings. The van der Waals surface area contributed by atoms with Crippen molar-refractivity contribution in [2.24, 2.45) is 0 Å². The van der Waals surface area contributed by atoms with Crippen LogP contribution in [0.15, 0.2) is 24.5 Å². The van der Waals surface area contributed by atoms with Gasteiger partial charge < -0.3 is 10.4 Å². The third kappa shape index (κ3) is 3.50. The molecule has 8 nitrogen and oxygen atoms in total. The van der Waals surface area contributed by atoms with Crippen molar-refractivity contribution in [3.05, 3.63) is 41.2 Å². The zero-order valence-electron chi connectivity index (χ0n) is 11.4. The van der Waals surface area contributed by atoms with Crippen molar-refractivity contribution in [3.63, 3.8) is 0 Å². The van der Waals surface area contributed by atoms with Gasteiger partial charge in [0.1, 0.15) is 0 Å². The van der Waals surface area contributed by atoms with E-state index >= 15 is 0 Å². The Morgan fingerprint density at radius 2 is 1.90 bits per heavy atom. The van der Waals surface area contributed by atoms with Crippen molar-refractivity contribution in [1.29, 1.82) is 0 Å². The molecule has 1 heterocycles. The maximum atomic E-state index is 11.9. The molecule has 1 aromatic heterocycles. The predicted octanol–water partition coefficient (Wildman–Crippen LogP) is 1.83. The summed E-state index contributed by atoms with van der Waals surface area (Å²) in [6.45, 7) is 3.50. The van der Waals surface area contributed by atoms with Gasteiger partial charge in [0.25, 0.3) is 5.95 Å². The van der Waals surface area contributed by atoms with Crippen LogP contribution in [-0.2, 0) is 0 Å². The molecule has 8 heteroatoms. The lowest BCUT2D eigenvalue weighted by Gasteiger charge is -2.12. The molecule has 0 saturated carbocycles. The van der Waals surface area contributed by atoms with E-state index in [1.54, 1.807) is 19.9 Å². The van der Waals surface area contributed by atoms with Gasteiger partial charge in [-0.15, -0.1) is 5.10 Å². The summed E-state index contributed by atoms with van der Waals surface area (Å²) in [6.07, 6.45) is 2.75. The van der Waals surface area contributed by atoms with Crippen molar-refractivity contribution in [2.75, 3.05) is 10.6 Å². The van der Waals surface area contributed by atoms with Crippen LogP contribution >= 0.6 is 0 Å². The van der Waals surface area contributed by atoms with Gasteiger partial charge in [-0.05, 0) is 31.0 Å². The third-order valence-electron chi connectivity index (χ3n) is 2.66. The van der Waals surface area contributed by atoms with E-state index in [9.17, 15) is 14.7 Å². The van der Waals surface area contributed by atoms with Crippen LogP contribution in [0.5, 0.6) is 0 Å². The van der Waals surface area contributed by atoms with E-state index in [2.05, 4.69) is 25.8 Å². The lowest BCUT2D eigenvalue weighted by molar-refractivity contribution is 0.0698. The molecule has 2 aromatic rings. The highest BCUT2D eigenvalue weighted by Gasteiger charge is 2.16. The maximum Gasteiger partial charge on any atom is 0.337 e. The van der Waals surface area contributed by atoms with Crippen LogP contribution in [0.3, 0.4) is 0 Å². The number of nitrogens with one attached hydrogen (secondary N) is 2. The zero-order valence-corrected chi connectivity index (χ0v) is 11.4. The molecule has 0 aliphatic rings. The van der Waals surface area contributed by atoms with E-state index in [1.807, 2.05) is 0 Å². The molecule has 0 saturated heterocycles. The van der Waals surface area contributed by atoms with E-state index in [1.165, 1.54) is 18.5 Å². The smallest absolute Gasteiger partial charge is 0.337 e. The fourth-order valence-corrected chi connectivity index (χ4v) is 1.85. The predicted molar refractivity (Wildman–Crippen MR) is 75.3 cm³/mol. The number of carbonyl (C=O) groups is 2. The van der Waals surface area contributed by atoms with Gasteiger partial charge in [0, 0.05) is 0 Å². The van der Waals surface area contributed by atoms with Crippen LogP contribution in [0.25, 0.3) is 0 Å². The van der Waals surface area contributed by atoms with Crippen LogP contribution in [0.4, 0.5) is 16.4 Å². The van der Waals surface area contributed by atoms with Crippen molar-refractivity contribution >= 4 is 23.6 Å². The molecule has 3 N–H and O–H groups in total. The molecular formula is C13H13N5O3. The van der Waals surface area contributed by atoms with E-state index in [-0.39, 0.29) is 17.2 Å². The van der Waals surface area contributed by atoms with Gasteiger partial charge in [-0.25, -0.2) is 14.6 Å². The summed E-state index contributed by atoms with van der Waals surface area (Å²) in [7, 11) is 0. The summed E-state index contributed by atoms with van der Waals surface area (Å²) in [5, 5.41) is 21.3. The second-order valence-corrected chi connectivity index (χ2v) is 4.35. The summed E-state index contributed by atoms with van der Waals surface area (Å²) < 4.78 is 0. The Bertz CT molecular complexity index is 688. The molecule has 108 valence electrons. The lowest BCUT2D eigenvalue weighted by atomic mass is 10.0. The molecule has 2 rings (SSSR count). The Kier molecular flexibility index (Phi) is 4.07. The van der Waals surface area contributed by atoms with Crippen LogP contribution < -0.4 is 10.6 Å². The third-order valence-corrected chi connectivity index (χ3v) is 2.66. The van der Waals surface area contributed by atoms with Gasteiger partial charge >= 0.3 is 12.0 Å². The Labute approximate surface area is 120 Å². The van der Waals surface area contributed by atoms with Gasteiger partial charge in [0.2, 0.25) is 0 Å². The normalized spacial score (nSPS) is 10.0. The first-order valence-electron chi connectivity index (χ1n) is 6.03. The van der Waals surface area contributed by atoms with Crippen LogP contribution in [0, 0.1) is 13.8 Å². The molecule has 2 amide bonds. The first-order valence-corrected chi connectivity index (χ1v) is 6.03. The number of carboxylic acid groups (broad SMARTS) is 1. The molecule has 0 spiro atoms. The highest BCUT2D eigenvalue weighted by Crippen LogP contribution is 2.23. The van der Waals surface area contributed by atoms with Crippen LogP contribution in [0.2, 0.25) is 0 Å². The molecule has 0 unspecified atom stereocenters. The number of aryl methyl sites for hydroxylation is 2. The van der Waals surface area contributed by atoms with Crippen molar-refractivity contribution in [2.45, 2.75) is 13.8 Å². The number of aromatic carboxylic acids is 1. The molecule has 0 aliphatic carbocycles. The van der Waals surface area contributed by atoms with E-state index < -0.39 is 12.0 Å². The molecule has 0 aliphatic heterocycles. The van der Waals surface area contributed by atoms with Crippen molar-refractivity contribution in [1.82, 2.24) is 15.2 Å². The minimum Gasteiger partial charge on any atom is -0.478 e. The summed E-state index contributed by atoms with van der Waals surface area (Å²) in [4.78, 5) is 26.9. The van der Waals surface area contributed by atoms with Gasteiger partial charge in [-0.2, -0.15) is 5.10 Å². The average Bonchev–Trinajstić information content (AvgIpc) is 2.42. The Morgan fingerprint density at radius 3 is 2.52 bits per heavy atom. The van der Waals surface area contributed by atoms with Crippen LogP contribution in [0.1, 0.15) is 21.5 Å². The first-order chi connectivity index (χ1) is 9.97. The van der Waals surface area contributed by atoms with Gasteiger partial charge in [-0.3, -0.25) is 5.32 Å². The Balaban J connectivity index is 2.23. The quantitative estimate of drug-likeness (QED) is 0.792. The molecule has 0 atom stereocenters. The fourth-order valence-electron chi connectivity index (χ4n) is 1.85. The number of hydrogen-bond acceptors (Lipinski definition) is 5.